The Balaban J connectivity index is 2.36. The van der Waals surface area contributed by atoms with E-state index in [0.717, 1.165) is 5.75 Å². The van der Waals surface area contributed by atoms with Gasteiger partial charge in [0.15, 0.2) is 0 Å². The molecule has 1 fully saturated rings. The summed E-state index contributed by atoms with van der Waals surface area (Å²) >= 11 is 3.81. The molecular weight excluding hydrogens is 252 g/mol. The zero-order chi connectivity index (χ0) is 11.1. The molecule has 82 valence electrons. The smallest absolute Gasteiger partial charge is 0.123 e. The van der Waals surface area contributed by atoms with Crippen molar-refractivity contribution in [1.82, 2.24) is 0 Å². The van der Waals surface area contributed by atoms with Crippen LogP contribution in [0.5, 0.6) is 5.75 Å². The predicted octanol–water partition coefficient (Wildman–Crippen LogP) is 4.24. The third-order valence-corrected chi connectivity index (χ3v) is 4.91. The van der Waals surface area contributed by atoms with Gasteiger partial charge in [-0.3, -0.25) is 0 Å². The standard InChI is InChI=1S/C13H17BrO/c1-9-4-5-11(15-3)10(8-9)12(14)13(2)6-7-13/h4-5,8,12H,6-7H2,1-3H3. The van der Waals surface area contributed by atoms with Gasteiger partial charge in [0.1, 0.15) is 5.75 Å². The normalized spacial score (nSPS) is 19.7. The van der Waals surface area contributed by atoms with Crippen molar-refractivity contribution in [3.63, 3.8) is 0 Å². The number of benzene rings is 1. The average Bonchev–Trinajstić information content (AvgIpc) is 2.96. The number of ether oxygens (including phenoxy) is 1. The van der Waals surface area contributed by atoms with E-state index in [2.05, 4.69) is 48.0 Å². The van der Waals surface area contributed by atoms with E-state index in [1.165, 1.54) is 24.0 Å². The summed E-state index contributed by atoms with van der Waals surface area (Å²) in [5.74, 6) is 0.996. The lowest BCUT2D eigenvalue weighted by atomic mass is 9.96. The van der Waals surface area contributed by atoms with Gasteiger partial charge in [-0.1, -0.05) is 40.5 Å². The van der Waals surface area contributed by atoms with Crippen LogP contribution in [0, 0.1) is 12.3 Å². The molecule has 15 heavy (non-hydrogen) atoms. The van der Waals surface area contributed by atoms with Gasteiger partial charge in [0.25, 0.3) is 0 Å². The molecule has 0 aromatic heterocycles. The van der Waals surface area contributed by atoms with Crippen LogP contribution >= 0.6 is 15.9 Å². The molecule has 1 nitrogen and oxygen atoms in total. The summed E-state index contributed by atoms with van der Waals surface area (Å²) in [4.78, 5) is 0.417. The second-order valence-corrected chi connectivity index (χ2v) is 5.68. The lowest BCUT2D eigenvalue weighted by Crippen LogP contribution is -2.05. The van der Waals surface area contributed by atoms with Crippen LogP contribution in [0.4, 0.5) is 0 Å². The quantitative estimate of drug-likeness (QED) is 0.746. The van der Waals surface area contributed by atoms with Gasteiger partial charge in [0.05, 0.1) is 7.11 Å². The first kappa shape index (κ1) is 11.0. The van der Waals surface area contributed by atoms with Crippen LogP contribution in [0.25, 0.3) is 0 Å². The highest BCUT2D eigenvalue weighted by atomic mass is 79.9. The Morgan fingerprint density at radius 3 is 2.60 bits per heavy atom. The fourth-order valence-corrected chi connectivity index (χ4v) is 2.69. The maximum absolute atomic E-state index is 5.41. The minimum Gasteiger partial charge on any atom is -0.496 e. The van der Waals surface area contributed by atoms with Crippen molar-refractivity contribution in [2.75, 3.05) is 7.11 Å². The van der Waals surface area contributed by atoms with Crippen LogP contribution in [0.1, 0.15) is 35.7 Å². The molecule has 1 unspecified atom stereocenters. The molecule has 1 saturated carbocycles. The molecule has 0 saturated heterocycles. The molecular formula is C13H17BrO. The molecule has 2 rings (SSSR count). The van der Waals surface area contributed by atoms with Crippen LogP contribution in [0.2, 0.25) is 0 Å². The van der Waals surface area contributed by atoms with Gasteiger partial charge in [0, 0.05) is 10.4 Å². The van der Waals surface area contributed by atoms with Crippen LogP contribution in [-0.4, -0.2) is 7.11 Å². The van der Waals surface area contributed by atoms with Gasteiger partial charge in [-0.2, -0.15) is 0 Å². The average molecular weight is 269 g/mol. The summed E-state index contributed by atoms with van der Waals surface area (Å²) in [5.41, 5.74) is 3.01. The first-order chi connectivity index (χ1) is 7.07. The van der Waals surface area contributed by atoms with E-state index in [1.54, 1.807) is 7.11 Å². The lowest BCUT2D eigenvalue weighted by Gasteiger charge is -2.20. The summed E-state index contributed by atoms with van der Waals surface area (Å²) in [6, 6.07) is 6.38. The van der Waals surface area contributed by atoms with Crippen LogP contribution in [0.15, 0.2) is 18.2 Å². The van der Waals surface area contributed by atoms with Gasteiger partial charge >= 0.3 is 0 Å². The highest BCUT2D eigenvalue weighted by Gasteiger charge is 2.45. The third-order valence-electron chi connectivity index (χ3n) is 3.31. The van der Waals surface area contributed by atoms with Crippen molar-refractivity contribution < 1.29 is 4.74 Å². The van der Waals surface area contributed by atoms with Crippen molar-refractivity contribution in [3.05, 3.63) is 29.3 Å². The largest absolute Gasteiger partial charge is 0.496 e. The number of rotatable bonds is 3. The molecule has 0 radical (unpaired) electrons. The van der Waals surface area contributed by atoms with E-state index >= 15 is 0 Å². The minimum absolute atomic E-state index is 0.417. The van der Waals surface area contributed by atoms with Gasteiger partial charge in [-0.05, 0) is 31.2 Å². The molecule has 1 aromatic carbocycles. The van der Waals surface area contributed by atoms with E-state index in [9.17, 15) is 0 Å². The van der Waals surface area contributed by atoms with Gasteiger partial charge in [-0.15, -0.1) is 0 Å². The Morgan fingerprint density at radius 2 is 2.07 bits per heavy atom. The molecule has 0 bridgehead atoms. The maximum atomic E-state index is 5.41. The number of aryl methyl sites for hydroxylation is 1. The van der Waals surface area contributed by atoms with E-state index in [1.807, 2.05) is 0 Å². The van der Waals surface area contributed by atoms with E-state index < -0.39 is 0 Å². The zero-order valence-corrected chi connectivity index (χ0v) is 11.1. The Labute approximate surface area is 100.0 Å². The van der Waals surface area contributed by atoms with Crippen molar-refractivity contribution >= 4 is 15.9 Å². The molecule has 0 heterocycles. The molecule has 0 N–H and O–H groups in total. The zero-order valence-electron chi connectivity index (χ0n) is 9.51. The fourth-order valence-electron chi connectivity index (χ4n) is 1.88. The van der Waals surface area contributed by atoms with E-state index in [4.69, 9.17) is 4.74 Å². The molecule has 2 heteroatoms. The topological polar surface area (TPSA) is 9.23 Å². The Kier molecular flexibility index (Phi) is 2.80. The summed E-state index contributed by atoms with van der Waals surface area (Å²) in [6.07, 6.45) is 2.61. The third kappa shape index (κ3) is 2.05. The minimum atomic E-state index is 0.417. The summed E-state index contributed by atoms with van der Waals surface area (Å²) in [5, 5.41) is 0. The Bertz CT molecular complexity index is 369. The maximum Gasteiger partial charge on any atom is 0.123 e. The number of hydrogen-bond acceptors (Lipinski definition) is 1. The van der Waals surface area contributed by atoms with E-state index in [0.29, 0.717) is 10.2 Å². The molecule has 0 aliphatic heterocycles. The summed E-state index contributed by atoms with van der Waals surface area (Å²) < 4.78 is 5.41. The van der Waals surface area contributed by atoms with Crippen molar-refractivity contribution in [1.29, 1.82) is 0 Å². The van der Waals surface area contributed by atoms with Crippen LogP contribution < -0.4 is 4.74 Å². The monoisotopic (exact) mass is 268 g/mol. The highest BCUT2D eigenvalue weighted by Crippen LogP contribution is 2.59. The van der Waals surface area contributed by atoms with Crippen molar-refractivity contribution in [3.8, 4) is 5.75 Å². The Hall–Kier alpha value is -0.500. The molecule has 0 spiro atoms. The van der Waals surface area contributed by atoms with Gasteiger partial charge in [0.2, 0.25) is 0 Å². The SMILES string of the molecule is COc1ccc(C)cc1C(Br)C1(C)CC1. The van der Waals surface area contributed by atoms with Gasteiger partial charge in [-0.25, -0.2) is 0 Å². The second-order valence-electron chi connectivity index (χ2n) is 4.76. The first-order valence-corrected chi connectivity index (χ1v) is 6.27. The predicted molar refractivity (Wildman–Crippen MR) is 66.7 cm³/mol. The summed E-state index contributed by atoms with van der Waals surface area (Å²) in [7, 11) is 1.74. The van der Waals surface area contributed by atoms with Crippen LogP contribution in [0.3, 0.4) is 0 Å². The number of halogens is 1. The molecule has 0 amide bonds. The van der Waals surface area contributed by atoms with E-state index in [-0.39, 0.29) is 0 Å². The first-order valence-electron chi connectivity index (χ1n) is 5.35. The fraction of sp³-hybridized carbons (Fsp3) is 0.538. The molecule has 1 atom stereocenters. The van der Waals surface area contributed by atoms with Crippen molar-refractivity contribution in [2.45, 2.75) is 31.5 Å². The number of hydrogen-bond donors (Lipinski definition) is 0. The molecule has 1 aliphatic rings. The summed E-state index contributed by atoms with van der Waals surface area (Å²) in [6.45, 7) is 4.45. The highest BCUT2D eigenvalue weighted by molar-refractivity contribution is 9.09. The molecule has 1 aliphatic carbocycles. The lowest BCUT2D eigenvalue weighted by molar-refractivity contribution is 0.403. The second kappa shape index (κ2) is 3.82. The Morgan fingerprint density at radius 1 is 1.40 bits per heavy atom. The molecule has 1 aromatic rings. The van der Waals surface area contributed by atoms with Crippen LogP contribution in [-0.2, 0) is 0 Å². The van der Waals surface area contributed by atoms with Gasteiger partial charge < -0.3 is 4.74 Å². The van der Waals surface area contributed by atoms with Crippen molar-refractivity contribution in [2.24, 2.45) is 5.41 Å². The number of alkyl halides is 1. The number of methoxy groups -OCH3 is 1.